The maximum atomic E-state index is 13.6. The molecule has 4 rings (SSSR count). The van der Waals surface area contributed by atoms with E-state index < -0.39 is 29.1 Å². The molecule has 1 aromatic carbocycles. The van der Waals surface area contributed by atoms with Gasteiger partial charge in [-0.05, 0) is 55.2 Å². The van der Waals surface area contributed by atoms with E-state index in [0.29, 0.717) is 0 Å². The summed E-state index contributed by atoms with van der Waals surface area (Å²) in [4.78, 5) is 26.1. The summed E-state index contributed by atoms with van der Waals surface area (Å²) < 4.78 is 24.6. The number of hydrogen-bond acceptors (Lipinski definition) is 4. The summed E-state index contributed by atoms with van der Waals surface area (Å²) in [6, 6.07) is 6.24. The van der Waals surface area contributed by atoms with Gasteiger partial charge in [-0.1, -0.05) is 30.7 Å². The fourth-order valence-corrected chi connectivity index (χ4v) is 5.70. The summed E-state index contributed by atoms with van der Waals surface area (Å²) in [5.41, 5.74) is 1.24. The fourth-order valence-electron chi connectivity index (χ4n) is 5.70. The molecule has 2 unspecified atom stereocenters. The number of fused-ring (bicyclic) bond motifs is 2. The van der Waals surface area contributed by atoms with Crippen molar-refractivity contribution in [2.45, 2.75) is 57.2 Å². The molecule has 27 heavy (non-hydrogen) atoms. The highest BCUT2D eigenvalue weighted by molar-refractivity contribution is 5.99. The van der Waals surface area contributed by atoms with Gasteiger partial charge in [0, 0.05) is 19.3 Å². The summed E-state index contributed by atoms with van der Waals surface area (Å²) in [6.45, 7) is 7.31. The molecule has 2 saturated carbocycles. The first kappa shape index (κ1) is 18.2. The zero-order chi connectivity index (χ0) is 19.4. The molecule has 4 nitrogen and oxygen atoms in total. The summed E-state index contributed by atoms with van der Waals surface area (Å²) in [5, 5.41) is 0. The van der Waals surface area contributed by atoms with Crippen LogP contribution >= 0.6 is 0 Å². The lowest BCUT2D eigenvalue weighted by atomic mass is 9.46. The van der Waals surface area contributed by atoms with Gasteiger partial charge in [0.1, 0.15) is 5.82 Å². The number of carbonyl (C=O) groups is 2. The second-order valence-corrected chi connectivity index (χ2v) is 8.60. The number of benzene rings is 1. The van der Waals surface area contributed by atoms with Crippen LogP contribution in [0.2, 0.25) is 0 Å². The van der Waals surface area contributed by atoms with Crippen LogP contribution in [0.3, 0.4) is 0 Å². The summed E-state index contributed by atoms with van der Waals surface area (Å²) in [5.74, 6) is -3.55. The molecule has 0 aromatic heterocycles. The van der Waals surface area contributed by atoms with Gasteiger partial charge in [0.2, 0.25) is 0 Å². The maximum Gasteiger partial charge on any atom is 0.324 e. The zero-order valence-corrected chi connectivity index (χ0v) is 15.8. The van der Waals surface area contributed by atoms with E-state index in [2.05, 4.69) is 6.58 Å². The van der Waals surface area contributed by atoms with Gasteiger partial charge in [-0.3, -0.25) is 9.59 Å². The molecule has 0 spiro atoms. The minimum Gasteiger partial charge on any atom is -0.422 e. The molecular formula is C22H25FO4. The molecule has 2 aliphatic carbocycles. The Morgan fingerprint density at radius 3 is 2.04 bits per heavy atom. The largest absolute Gasteiger partial charge is 0.422 e. The molecule has 2 atom stereocenters. The molecule has 1 aliphatic heterocycles. The van der Waals surface area contributed by atoms with E-state index in [1.165, 1.54) is 12.1 Å². The van der Waals surface area contributed by atoms with Crippen LogP contribution in [0.15, 0.2) is 36.4 Å². The molecule has 1 saturated heterocycles. The molecule has 0 amide bonds. The molecule has 3 aliphatic rings. The van der Waals surface area contributed by atoms with Crippen molar-refractivity contribution in [3.05, 3.63) is 47.8 Å². The van der Waals surface area contributed by atoms with Crippen LogP contribution in [-0.4, -0.2) is 17.7 Å². The van der Waals surface area contributed by atoms with Crippen LogP contribution in [0.1, 0.15) is 51.5 Å². The van der Waals surface area contributed by atoms with Crippen LogP contribution in [0.5, 0.6) is 0 Å². The molecule has 2 bridgehead atoms. The maximum absolute atomic E-state index is 13.6. The quantitative estimate of drug-likeness (QED) is 0.442. The first-order valence-corrected chi connectivity index (χ1v) is 9.62. The van der Waals surface area contributed by atoms with Crippen molar-refractivity contribution < 1.29 is 23.5 Å². The third-order valence-electron chi connectivity index (χ3n) is 6.51. The first-order chi connectivity index (χ1) is 12.7. The Balaban J connectivity index is 1.90. The summed E-state index contributed by atoms with van der Waals surface area (Å²) in [7, 11) is 0. The molecule has 1 heterocycles. The van der Waals surface area contributed by atoms with Crippen LogP contribution in [-0.2, 0) is 24.5 Å². The second kappa shape index (κ2) is 6.18. The van der Waals surface area contributed by atoms with E-state index in [1.54, 1.807) is 26.0 Å². The van der Waals surface area contributed by atoms with Gasteiger partial charge in [0.05, 0.1) is 0 Å². The van der Waals surface area contributed by atoms with Crippen molar-refractivity contribution in [3.8, 4) is 0 Å². The molecule has 5 heteroatoms. The fraction of sp³-hybridized carbons (Fsp3) is 0.545. The van der Waals surface area contributed by atoms with Gasteiger partial charge >= 0.3 is 11.9 Å². The standard InChI is InChI=1S/C22H25FO4/c1-13-11-15-5-4-6-16(12-13)22(15,14-7-9-17(23)10-8-14)18-19(24)26-21(2,3)27-20(18)25/h7-10,15-16,18H,1,4-6,11-12H2,2-3H3. The summed E-state index contributed by atoms with van der Waals surface area (Å²) >= 11 is 0. The highest BCUT2D eigenvalue weighted by Gasteiger charge is 2.63. The van der Waals surface area contributed by atoms with E-state index in [1.807, 2.05) is 0 Å². The van der Waals surface area contributed by atoms with Gasteiger partial charge in [0.15, 0.2) is 5.92 Å². The molecule has 0 N–H and O–H groups in total. The van der Waals surface area contributed by atoms with Gasteiger partial charge in [-0.25, -0.2) is 4.39 Å². The minimum atomic E-state index is -1.26. The number of hydrogen-bond donors (Lipinski definition) is 0. The van der Waals surface area contributed by atoms with E-state index in [9.17, 15) is 14.0 Å². The van der Waals surface area contributed by atoms with Gasteiger partial charge in [0.25, 0.3) is 5.79 Å². The molecule has 0 radical (unpaired) electrons. The topological polar surface area (TPSA) is 52.6 Å². The monoisotopic (exact) mass is 372 g/mol. The Hall–Kier alpha value is -2.17. The van der Waals surface area contributed by atoms with Gasteiger partial charge < -0.3 is 9.47 Å². The van der Waals surface area contributed by atoms with Crippen LogP contribution in [0.25, 0.3) is 0 Å². The molecule has 144 valence electrons. The van der Waals surface area contributed by atoms with E-state index in [-0.39, 0.29) is 17.7 Å². The SMILES string of the molecule is C=C1CC2CCCC(C1)C2(c1ccc(F)cc1)C1C(=O)OC(C)(C)OC1=O. The number of allylic oxidation sites excluding steroid dienone is 1. The van der Waals surface area contributed by atoms with Gasteiger partial charge in [-0.2, -0.15) is 0 Å². The average Bonchev–Trinajstić information content (AvgIpc) is 2.54. The second-order valence-electron chi connectivity index (χ2n) is 8.60. The van der Waals surface area contributed by atoms with Gasteiger partial charge in [-0.15, -0.1) is 0 Å². The number of ether oxygens (including phenoxy) is 2. The number of cyclic esters (lactones) is 2. The third-order valence-corrected chi connectivity index (χ3v) is 6.51. The van der Waals surface area contributed by atoms with E-state index in [4.69, 9.17) is 9.47 Å². The molecular weight excluding hydrogens is 347 g/mol. The van der Waals surface area contributed by atoms with Crippen molar-refractivity contribution in [2.24, 2.45) is 17.8 Å². The Bertz CT molecular complexity index is 759. The Kier molecular flexibility index (Phi) is 4.17. The number of halogens is 1. The van der Waals surface area contributed by atoms with Crippen LogP contribution in [0.4, 0.5) is 4.39 Å². The first-order valence-electron chi connectivity index (χ1n) is 9.62. The van der Waals surface area contributed by atoms with E-state index in [0.717, 1.165) is 43.2 Å². The number of rotatable bonds is 2. The number of esters is 2. The minimum absolute atomic E-state index is 0.0780. The molecule has 1 aromatic rings. The zero-order valence-electron chi connectivity index (χ0n) is 15.8. The van der Waals surface area contributed by atoms with Crippen molar-refractivity contribution >= 4 is 11.9 Å². The molecule has 3 fully saturated rings. The highest BCUT2D eigenvalue weighted by Crippen LogP contribution is 2.60. The van der Waals surface area contributed by atoms with Crippen molar-refractivity contribution in [1.82, 2.24) is 0 Å². The lowest BCUT2D eigenvalue weighted by Crippen LogP contribution is -2.62. The Labute approximate surface area is 158 Å². The predicted molar refractivity (Wildman–Crippen MR) is 97.0 cm³/mol. The van der Waals surface area contributed by atoms with Crippen molar-refractivity contribution in [3.63, 3.8) is 0 Å². The van der Waals surface area contributed by atoms with Crippen molar-refractivity contribution in [1.29, 1.82) is 0 Å². The van der Waals surface area contributed by atoms with Crippen LogP contribution in [0, 0.1) is 23.6 Å². The third kappa shape index (κ3) is 2.79. The lowest BCUT2D eigenvalue weighted by molar-refractivity contribution is -0.247. The Morgan fingerprint density at radius 2 is 1.52 bits per heavy atom. The summed E-state index contributed by atoms with van der Waals surface area (Å²) in [6.07, 6.45) is 4.36. The Morgan fingerprint density at radius 1 is 1.00 bits per heavy atom. The average molecular weight is 372 g/mol. The van der Waals surface area contributed by atoms with Crippen molar-refractivity contribution in [2.75, 3.05) is 0 Å². The number of carbonyl (C=O) groups excluding carboxylic acids is 2. The normalized spacial score (nSPS) is 33.4. The van der Waals surface area contributed by atoms with Crippen LogP contribution < -0.4 is 0 Å². The smallest absolute Gasteiger partial charge is 0.324 e. The lowest BCUT2D eigenvalue weighted by Gasteiger charge is -2.57. The predicted octanol–water partition coefficient (Wildman–Crippen LogP) is 4.28. The van der Waals surface area contributed by atoms with E-state index >= 15 is 0 Å². The highest BCUT2D eigenvalue weighted by atomic mass is 19.1.